The number of aromatic nitrogens is 2. The van der Waals surface area contributed by atoms with E-state index in [1.54, 1.807) is 6.26 Å². The molecule has 0 radical (unpaired) electrons. The second-order valence-electron chi connectivity index (χ2n) is 4.02. The molecule has 18 heavy (non-hydrogen) atoms. The summed E-state index contributed by atoms with van der Waals surface area (Å²) in [6.45, 7) is 0. The number of hydrogen-bond acceptors (Lipinski definition) is 4. The average molecular weight is 240 g/mol. The summed E-state index contributed by atoms with van der Waals surface area (Å²) in [5.74, 6) is 1.61. The molecule has 0 aliphatic heterocycles. The van der Waals surface area contributed by atoms with Crippen LogP contribution in [0.25, 0.3) is 0 Å². The molecule has 0 bridgehead atoms. The fourth-order valence-corrected chi connectivity index (χ4v) is 2.02. The smallest absolute Gasteiger partial charge is 0.217 e. The van der Waals surface area contributed by atoms with Gasteiger partial charge in [-0.05, 0) is 17.7 Å². The molecule has 3 rings (SSSR count). The first-order valence-corrected chi connectivity index (χ1v) is 5.77. The van der Waals surface area contributed by atoms with Crippen LogP contribution in [0.3, 0.4) is 0 Å². The van der Waals surface area contributed by atoms with Crippen LogP contribution in [0, 0.1) is 0 Å². The molecule has 0 saturated carbocycles. The molecule has 0 N–H and O–H groups in total. The lowest BCUT2D eigenvalue weighted by molar-refractivity contribution is 0.442. The summed E-state index contributed by atoms with van der Waals surface area (Å²) >= 11 is 0. The van der Waals surface area contributed by atoms with Gasteiger partial charge in [0.05, 0.1) is 12.2 Å². The molecule has 0 aliphatic carbocycles. The molecule has 0 amide bonds. The van der Waals surface area contributed by atoms with Gasteiger partial charge in [-0.3, -0.25) is 0 Å². The highest BCUT2D eigenvalue weighted by atomic mass is 16.4. The third-order valence-corrected chi connectivity index (χ3v) is 2.87. The van der Waals surface area contributed by atoms with Crippen LogP contribution in [0.4, 0.5) is 0 Å². The third kappa shape index (κ3) is 2.18. The summed E-state index contributed by atoms with van der Waals surface area (Å²) in [5, 5.41) is 7.64. The molecule has 1 aromatic carbocycles. The summed E-state index contributed by atoms with van der Waals surface area (Å²) in [6, 6.07) is 14.0. The Morgan fingerprint density at radius 1 is 1.00 bits per heavy atom. The first kappa shape index (κ1) is 10.8. The Balaban J connectivity index is 1.94. The summed E-state index contributed by atoms with van der Waals surface area (Å²) in [4.78, 5) is 0. The molecule has 4 nitrogen and oxygen atoms in total. The molecule has 2 aromatic heterocycles. The highest BCUT2D eigenvalue weighted by Crippen LogP contribution is 2.28. The highest BCUT2D eigenvalue weighted by molar-refractivity contribution is 5.28. The standard InChI is InChI=1S/C14H12N2O2/c1-2-5-11(6-3-1)12(13-7-4-8-17-13)9-14-16-15-10-18-14/h1-8,10,12H,9H2/t12-/m1/s1. The molecule has 0 fully saturated rings. The van der Waals surface area contributed by atoms with E-state index in [1.807, 2.05) is 30.3 Å². The average Bonchev–Trinajstić information content (AvgIpc) is 3.10. The lowest BCUT2D eigenvalue weighted by Crippen LogP contribution is -2.04. The first-order valence-electron chi connectivity index (χ1n) is 5.77. The lowest BCUT2D eigenvalue weighted by atomic mass is 9.93. The maximum atomic E-state index is 5.51. The summed E-state index contributed by atoms with van der Waals surface area (Å²) < 4.78 is 10.7. The van der Waals surface area contributed by atoms with E-state index >= 15 is 0 Å². The van der Waals surface area contributed by atoms with Crippen molar-refractivity contribution in [1.29, 1.82) is 0 Å². The van der Waals surface area contributed by atoms with E-state index in [-0.39, 0.29) is 5.92 Å². The van der Waals surface area contributed by atoms with E-state index in [2.05, 4.69) is 22.3 Å². The van der Waals surface area contributed by atoms with Gasteiger partial charge in [-0.15, -0.1) is 10.2 Å². The quantitative estimate of drug-likeness (QED) is 0.703. The third-order valence-electron chi connectivity index (χ3n) is 2.87. The fraction of sp³-hybridized carbons (Fsp3) is 0.143. The fourth-order valence-electron chi connectivity index (χ4n) is 2.02. The molecule has 4 heteroatoms. The summed E-state index contributed by atoms with van der Waals surface area (Å²) in [6.07, 6.45) is 3.66. The molecule has 0 spiro atoms. The van der Waals surface area contributed by atoms with Crippen molar-refractivity contribution in [3.8, 4) is 0 Å². The Hall–Kier alpha value is -2.36. The van der Waals surface area contributed by atoms with E-state index in [4.69, 9.17) is 8.83 Å². The van der Waals surface area contributed by atoms with Gasteiger partial charge < -0.3 is 8.83 Å². The largest absolute Gasteiger partial charge is 0.469 e. The molecule has 3 aromatic rings. The number of furan rings is 1. The van der Waals surface area contributed by atoms with E-state index in [9.17, 15) is 0 Å². The Morgan fingerprint density at radius 2 is 1.89 bits per heavy atom. The highest BCUT2D eigenvalue weighted by Gasteiger charge is 2.19. The van der Waals surface area contributed by atoms with Gasteiger partial charge in [-0.25, -0.2) is 0 Å². The van der Waals surface area contributed by atoms with Crippen LogP contribution in [0.5, 0.6) is 0 Å². The van der Waals surface area contributed by atoms with Crippen LogP contribution >= 0.6 is 0 Å². The zero-order chi connectivity index (χ0) is 12.2. The van der Waals surface area contributed by atoms with Crippen molar-refractivity contribution < 1.29 is 8.83 Å². The number of rotatable bonds is 4. The monoisotopic (exact) mass is 240 g/mol. The van der Waals surface area contributed by atoms with Gasteiger partial charge >= 0.3 is 0 Å². The maximum absolute atomic E-state index is 5.51. The minimum Gasteiger partial charge on any atom is -0.469 e. The minimum atomic E-state index is 0.0987. The van der Waals surface area contributed by atoms with Crippen LogP contribution in [0.1, 0.15) is 23.1 Å². The molecule has 2 heterocycles. The van der Waals surface area contributed by atoms with Crippen molar-refractivity contribution in [2.75, 3.05) is 0 Å². The number of nitrogens with zero attached hydrogens (tertiary/aromatic N) is 2. The predicted molar refractivity (Wildman–Crippen MR) is 65.0 cm³/mol. The molecule has 0 saturated heterocycles. The van der Waals surface area contributed by atoms with Crippen LogP contribution in [0.2, 0.25) is 0 Å². The Labute approximate surface area is 104 Å². The Bertz CT molecular complexity index is 574. The van der Waals surface area contributed by atoms with E-state index in [1.165, 1.54) is 12.0 Å². The number of benzene rings is 1. The van der Waals surface area contributed by atoms with Gasteiger partial charge in [0, 0.05) is 6.42 Å². The van der Waals surface area contributed by atoms with E-state index < -0.39 is 0 Å². The predicted octanol–water partition coefficient (Wildman–Crippen LogP) is 3.04. The van der Waals surface area contributed by atoms with Gasteiger partial charge in [0.2, 0.25) is 12.3 Å². The lowest BCUT2D eigenvalue weighted by Gasteiger charge is -2.12. The van der Waals surface area contributed by atoms with Crippen molar-refractivity contribution in [2.45, 2.75) is 12.3 Å². The van der Waals surface area contributed by atoms with Crippen LogP contribution in [-0.2, 0) is 6.42 Å². The zero-order valence-electron chi connectivity index (χ0n) is 9.69. The van der Waals surface area contributed by atoms with Crippen LogP contribution in [-0.4, -0.2) is 10.2 Å². The molecule has 1 atom stereocenters. The molecule has 90 valence electrons. The van der Waals surface area contributed by atoms with Crippen molar-refractivity contribution in [2.24, 2.45) is 0 Å². The zero-order valence-corrected chi connectivity index (χ0v) is 9.69. The van der Waals surface area contributed by atoms with Gasteiger partial charge in [0.15, 0.2) is 0 Å². The maximum Gasteiger partial charge on any atom is 0.217 e. The molecule has 0 aliphatic rings. The van der Waals surface area contributed by atoms with Crippen molar-refractivity contribution in [3.05, 3.63) is 72.3 Å². The van der Waals surface area contributed by atoms with E-state index in [0.717, 1.165) is 5.76 Å². The topological polar surface area (TPSA) is 52.1 Å². The van der Waals surface area contributed by atoms with Crippen molar-refractivity contribution in [3.63, 3.8) is 0 Å². The second-order valence-corrected chi connectivity index (χ2v) is 4.02. The second kappa shape index (κ2) is 4.87. The number of hydrogen-bond donors (Lipinski definition) is 0. The van der Waals surface area contributed by atoms with Gasteiger partial charge in [0.25, 0.3) is 0 Å². The first-order chi connectivity index (χ1) is 8.93. The summed E-state index contributed by atoms with van der Waals surface area (Å²) in [5.41, 5.74) is 1.17. The van der Waals surface area contributed by atoms with Crippen molar-refractivity contribution >= 4 is 0 Å². The van der Waals surface area contributed by atoms with Gasteiger partial charge in [0.1, 0.15) is 5.76 Å². The van der Waals surface area contributed by atoms with Gasteiger partial charge in [-0.2, -0.15) is 0 Å². The van der Waals surface area contributed by atoms with E-state index in [0.29, 0.717) is 12.3 Å². The van der Waals surface area contributed by atoms with Gasteiger partial charge in [-0.1, -0.05) is 30.3 Å². The molecular formula is C14H12N2O2. The van der Waals surface area contributed by atoms with Crippen molar-refractivity contribution in [1.82, 2.24) is 10.2 Å². The normalized spacial score (nSPS) is 12.4. The molecular weight excluding hydrogens is 228 g/mol. The van der Waals surface area contributed by atoms with Crippen LogP contribution in [0.15, 0.2) is 64.0 Å². The summed E-state index contributed by atoms with van der Waals surface area (Å²) in [7, 11) is 0. The Morgan fingerprint density at radius 3 is 2.56 bits per heavy atom. The minimum absolute atomic E-state index is 0.0987. The molecule has 0 unspecified atom stereocenters. The van der Waals surface area contributed by atoms with Crippen LogP contribution < -0.4 is 0 Å². The Kier molecular flexibility index (Phi) is 2.92. The SMILES string of the molecule is c1ccc([C@@H](Cc2nnco2)c2ccco2)cc1.